The van der Waals surface area contributed by atoms with E-state index in [1.54, 1.807) is 12.4 Å². The van der Waals surface area contributed by atoms with E-state index in [4.69, 9.17) is 9.97 Å². The van der Waals surface area contributed by atoms with Crippen LogP contribution < -0.4 is 9.80 Å². The van der Waals surface area contributed by atoms with E-state index in [1.165, 1.54) is 0 Å². The maximum Gasteiger partial charge on any atom is 2.00 e. The molecule has 58 heavy (non-hydrogen) atoms. The standard InChI is InChI=1S/C50H32N6.2Pt/c1-3-15-37(16-4-1)47-25-13-27-49(53-47)55(43-21-11-19-39(35-43)45-23-7-9-33-51-45)41-29-31-42(32-30-41)56(44-22-12-20-40(36-44)46-24-8-10-34-52-46)50-28-14-26-48(54-50)38-17-5-2-6-18-38;;/h1-15,17,19-34H;;/q-4;2*+2. The van der Waals surface area contributed by atoms with Gasteiger partial charge in [0.15, 0.2) is 0 Å². The van der Waals surface area contributed by atoms with Crippen molar-refractivity contribution < 1.29 is 42.1 Å². The van der Waals surface area contributed by atoms with Gasteiger partial charge in [0.05, 0.1) is 0 Å². The fourth-order valence-electron chi connectivity index (χ4n) is 6.56. The van der Waals surface area contributed by atoms with E-state index < -0.39 is 0 Å². The number of benzene rings is 5. The van der Waals surface area contributed by atoms with Crippen LogP contribution in [0.4, 0.5) is 34.4 Å². The predicted molar refractivity (Wildman–Crippen MR) is 224 cm³/mol. The van der Waals surface area contributed by atoms with Crippen molar-refractivity contribution in [2.45, 2.75) is 0 Å². The third kappa shape index (κ3) is 8.80. The minimum atomic E-state index is 0. The molecule has 8 heteroatoms. The van der Waals surface area contributed by atoms with Crippen LogP contribution in [0, 0.1) is 24.3 Å². The van der Waals surface area contributed by atoms with Gasteiger partial charge in [-0.1, -0.05) is 48.5 Å². The third-order valence-corrected chi connectivity index (χ3v) is 9.19. The first kappa shape index (κ1) is 39.9. The summed E-state index contributed by atoms with van der Waals surface area (Å²) in [5, 5.41) is 0. The molecule has 0 atom stereocenters. The maximum atomic E-state index is 5.15. The molecule has 9 aromatic rings. The fourth-order valence-corrected chi connectivity index (χ4v) is 6.56. The van der Waals surface area contributed by atoms with E-state index in [9.17, 15) is 0 Å². The van der Waals surface area contributed by atoms with Gasteiger partial charge in [-0.15, -0.1) is 131 Å². The molecule has 0 saturated heterocycles. The molecule has 0 fully saturated rings. The molecule has 0 amide bonds. The van der Waals surface area contributed by atoms with Crippen molar-refractivity contribution in [3.8, 4) is 45.0 Å². The van der Waals surface area contributed by atoms with Gasteiger partial charge in [0.2, 0.25) is 0 Å². The summed E-state index contributed by atoms with van der Waals surface area (Å²) in [4.78, 5) is 23.7. The molecule has 9 rings (SSSR count). The number of hydrogen-bond acceptors (Lipinski definition) is 6. The molecule has 0 spiro atoms. The molecule has 4 heterocycles. The van der Waals surface area contributed by atoms with E-state index in [-0.39, 0.29) is 42.1 Å². The van der Waals surface area contributed by atoms with Crippen molar-refractivity contribution in [2.75, 3.05) is 9.80 Å². The minimum absolute atomic E-state index is 0. The van der Waals surface area contributed by atoms with Gasteiger partial charge >= 0.3 is 42.1 Å². The summed E-state index contributed by atoms with van der Waals surface area (Å²) in [7, 11) is 0. The molecule has 0 saturated carbocycles. The molecule has 0 unspecified atom stereocenters. The monoisotopic (exact) mass is 1110 g/mol. The van der Waals surface area contributed by atoms with Crippen LogP contribution in [0.15, 0.2) is 194 Å². The van der Waals surface area contributed by atoms with Gasteiger partial charge in [0.1, 0.15) is 11.6 Å². The molecule has 282 valence electrons. The number of hydrogen-bond donors (Lipinski definition) is 0. The Morgan fingerprint density at radius 3 is 1.14 bits per heavy atom. The molecule has 0 aliphatic rings. The second-order valence-electron chi connectivity index (χ2n) is 12.8. The average molecular weight is 1110 g/mol. The van der Waals surface area contributed by atoms with Gasteiger partial charge in [-0.2, -0.15) is 0 Å². The Kier molecular flexibility index (Phi) is 12.9. The van der Waals surface area contributed by atoms with E-state index in [0.29, 0.717) is 0 Å². The van der Waals surface area contributed by atoms with Gasteiger partial charge in [0.25, 0.3) is 0 Å². The number of nitrogens with zero attached hydrogens (tertiary/aromatic N) is 6. The van der Waals surface area contributed by atoms with Crippen LogP contribution in [0.1, 0.15) is 0 Å². The molecule has 0 radical (unpaired) electrons. The third-order valence-electron chi connectivity index (χ3n) is 9.19. The van der Waals surface area contributed by atoms with Gasteiger partial charge in [-0.25, -0.2) is 0 Å². The smallest absolute Gasteiger partial charge is 0.314 e. The van der Waals surface area contributed by atoms with E-state index in [1.807, 2.05) is 158 Å². The van der Waals surface area contributed by atoms with Crippen LogP contribution in [0.5, 0.6) is 0 Å². The van der Waals surface area contributed by atoms with Crippen molar-refractivity contribution in [1.29, 1.82) is 0 Å². The second kappa shape index (κ2) is 18.7. The Labute approximate surface area is 367 Å². The SMILES string of the molecule is [Pt+2].[Pt+2].[c-]1ccccc1-c1cccc(N(c2[c-]c(-c3ccccn3)ccc2)c2ccc(N(c3[c-]c(-c4ccccn4)ccc3)c3cccc(-c4[c-]cccc4)n3)cc2)n1. The largest absolute Gasteiger partial charge is 2.00 e. The predicted octanol–water partition coefficient (Wildman–Crippen LogP) is 12.1. The Morgan fingerprint density at radius 1 is 0.345 bits per heavy atom. The number of aromatic nitrogens is 4. The first-order valence-corrected chi connectivity index (χ1v) is 18.2. The molecule has 0 aliphatic carbocycles. The molecular weight excluding hydrogens is 1070 g/mol. The van der Waals surface area contributed by atoms with Crippen LogP contribution in [0.3, 0.4) is 0 Å². The molecule has 6 nitrogen and oxygen atoms in total. The minimum Gasteiger partial charge on any atom is -0.314 e. The second-order valence-corrected chi connectivity index (χ2v) is 12.8. The molecule has 5 aromatic carbocycles. The molecule has 0 N–H and O–H groups in total. The molecular formula is C50H32N6Pt2. The maximum absolute atomic E-state index is 5.15. The van der Waals surface area contributed by atoms with E-state index in [0.717, 1.165) is 79.4 Å². The summed E-state index contributed by atoms with van der Waals surface area (Å²) in [6.07, 6.45) is 3.59. The van der Waals surface area contributed by atoms with Gasteiger partial charge in [0, 0.05) is 23.8 Å². The summed E-state index contributed by atoms with van der Waals surface area (Å²) >= 11 is 0. The van der Waals surface area contributed by atoms with Gasteiger partial charge < -0.3 is 19.8 Å². The van der Waals surface area contributed by atoms with E-state index >= 15 is 0 Å². The van der Waals surface area contributed by atoms with Crippen molar-refractivity contribution in [3.63, 3.8) is 0 Å². The normalized spacial score (nSPS) is 10.5. The summed E-state index contributed by atoms with van der Waals surface area (Å²) in [6.45, 7) is 0. The quantitative estimate of drug-likeness (QED) is 0.127. The number of rotatable bonds is 10. The Morgan fingerprint density at radius 2 is 0.741 bits per heavy atom. The van der Waals surface area contributed by atoms with Crippen LogP contribution in [-0.2, 0) is 42.1 Å². The van der Waals surface area contributed by atoms with Crippen molar-refractivity contribution in [3.05, 3.63) is 219 Å². The van der Waals surface area contributed by atoms with Crippen LogP contribution >= 0.6 is 0 Å². The van der Waals surface area contributed by atoms with Crippen LogP contribution in [0.2, 0.25) is 0 Å². The zero-order chi connectivity index (χ0) is 37.5. The topological polar surface area (TPSA) is 58.0 Å². The molecule has 4 aromatic heterocycles. The van der Waals surface area contributed by atoms with Gasteiger partial charge in [-0.3, -0.25) is 9.97 Å². The van der Waals surface area contributed by atoms with Crippen molar-refractivity contribution >= 4 is 34.4 Å². The van der Waals surface area contributed by atoms with E-state index in [2.05, 4.69) is 68.3 Å². The van der Waals surface area contributed by atoms with Crippen molar-refractivity contribution in [2.24, 2.45) is 0 Å². The number of anilines is 6. The summed E-state index contributed by atoms with van der Waals surface area (Å²) in [5.41, 5.74) is 10.4. The van der Waals surface area contributed by atoms with Crippen LogP contribution in [0.25, 0.3) is 45.0 Å². The molecule has 0 bridgehead atoms. The Balaban J connectivity index is 0.00000256. The summed E-state index contributed by atoms with van der Waals surface area (Å²) in [5.74, 6) is 1.48. The zero-order valence-corrected chi connectivity index (χ0v) is 35.3. The van der Waals surface area contributed by atoms with Gasteiger partial charge in [-0.05, 0) is 82.7 Å². The summed E-state index contributed by atoms with van der Waals surface area (Å²) in [6, 6.07) is 74.2. The molecule has 0 aliphatic heterocycles. The van der Waals surface area contributed by atoms with Crippen LogP contribution in [-0.4, -0.2) is 19.9 Å². The fraction of sp³-hybridized carbons (Fsp3) is 0. The first-order chi connectivity index (χ1) is 27.8. The Bertz CT molecular complexity index is 2340. The Hall–Kier alpha value is -6.32. The number of pyridine rings is 4. The first-order valence-electron chi connectivity index (χ1n) is 18.2. The van der Waals surface area contributed by atoms with Crippen molar-refractivity contribution in [1.82, 2.24) is 19.9 Å². The average Bonchev–Trinajstić information content (AvgIpc) is 3.29. The zero-order valence-electron chi connectivity index (χ0n) is 30.8. The summed E-state index contributed by atoms with van der Waals surface area (Å²) < 4.78 is 0.